The minimum Gasteiger partial charge on any atom is -0.508 e. The van der Waals surface area contributed by atoms with E-state index in [1.54, 1.807) is 12.1 Å². The average Bonchev–Trinajstić information content (AvgIpc) is 2.81. The van der Waals surface area contributed by atoms with Crippen molar-refractivity contribution in [2.45, 2.75) is 32.6 Å². The number of likely N-dealkylation sites (N-methyl/N-ethyl adjacent to an activating group) is 1. The Morgan fingerprint density at radius 2 is 1.45 bits per heavy atom. The predicted octanol–water partition coefficient (Wildman–Crippen LogP) is 6.53. The number of phenolic OH excluding ortho intramolecular Hbond substituents is 1. The zero-order chi connectivity index (χ0) is 21.9. The quantitative estimate of drug-likeness (QED) is 0.276. The fourth-order valence-corrected chi connectivity index (χ4v) is 3.74. The summed E-state index contributed by atoms with van der Waals surface area (Å²) in [6, 6.07) is 26.5. The molecule has 0 heterocycles. The van der Waals surface area contributed by atoms with E-state index >= 15 is 0 Å². The van der Waals surface area contributed by atoms with Crippen LogP contribution < -0.4 is 10.1 Å². The minimum absolute atomic E-state index is 0.281. The molecule has 3 aromatic carbocycles. The van der Waals surface area contributed by atoms with E-state index in [2.05, 4.69) is 54.7 Å². The maximum absolute atomic E-state index is 9.84. The largest absolute Gasteiger partial charge is 0.508 e. The van der Waals surface area contributed by atoms with Gasteiger partial charge in [-0.05, 0) is 72.0 Å². The smallest absolute Gasteiger partial charge is 0.119 e. The second-order valence-corrected chi connectivity index (χ2v) is 7.70. The lowest BCUT2D eigenvalue weighted by Gasteiger charge is -2.18. The van der Waals surface area contributed by atoms with Gasteiger partial charge in [0.15, 0.2) is 0 Å². The van der Waals surface area contributed by atoms with Gasteiger partial charge in [0.1, 0.15) is 18.1 Å². The standard InChI is InChI=1S/C28H33NO2/c1-3-4-6-11-27(22-9-7-5-8-10-22)28(23-12-16-25(30)17-13-23)24-14-18-26(19-15-24)31-21-20-29-2/h5,7-10,12-19,29-30H,3-4,6,11,20-21H2,1-2H3/b28-27-. The second-order valence-electron chi connectivity index (χ2n) is 7.70. The van der Waals surface area contributed by atoms with Crippen molar-refractivity contribution in [1.29, 1.82) is 0 Å². The van der Waals surface area contributed by atoms with Crippen molar-refractivity contribution in [1.82, 2.24) is 5.32 Å². The van der Waals surface area contributed by atoms with Crippen LogP contribution in [0.5, 0.6) is 11.5 Å². The fraction of sp³-hybridized carbons (Fsp3) is 0.286. The number of hydrogen-bond donors (Lipinski definition) is 2. The molecule has 0 atom stereocenters. The first kappa shape index (κ1) is 22.6. The topological polar surface area (TPSA) is 41.5 Å². The Kier molecular flexibility index (Phi) is 8.74. The van der Waals surface area contributed by atoms with E-state index in [9.17, 15) is 5.11 Å². The molecular formula is C28H33NO2. The molecule has 0 bridgehead atoms. The molecule has 0 aliphatic heterocycles. The van der Waals surface area contributed by atoms with Crippen molar-refractivity contribution in [2.24, 2.45) is 0 Å². The Balaban J connectivity index is 2.08. The first-order chi connectivity index (χ1) is 15.2. The van der Waals surface area contributed by atoms with Crippen LogP contribution in [0.4, 0.5) is 0 Å². The van der Waals surface area contributed by atoms with Crippen molar-refractivity contribution in [2.75, 3.05) is 20.2 Å². The Morgan fingerprint density at radius 1 is 0.806 bits per heavy atom. The van der Waals surface area contributed by atoms with Crippen LogP contribution in [0.2, 0.25) is 0 Å². The highest BCUT2D eigenvalue weighted by molar-refractivity contribution is 5.98. The molecule has 0 saturated heterocycles. The van der Waals surface area contributed by atoms with E-state index < -0.39 is 0 Å². The number of phenols is 1. The number of allylic oxidation sites excluding steroid dienone is 1. The van der Waals surface area contributed by atoms with Gasteiger partial charge in [0.05, 0.1) is 0 Å². The summed E-state index contributed by atoms with van der Waals surface area (Å²) in [6.45, 7) is 3.69. The van der Waals surface area contributed by atoms with Gasteiger partial charge in [-0.1, -0.05) is 74.4 Å². The highest BCUT2D eigenvalue weighted by Crippen LogP contribution is 2.36. The zero-order valence-corrected chi connectivity index (χ0v) is 18.6. The normalized spacial score (nSPS) is 11.8. The fourth-order valence-electron chi connectivity index (χ4n) is 3.74. The van der Waals surface area contributed by atoms with Crippen LogP contribution in [0.1, 0.15) is 49.3 Å². The molecular weight excluding hydrogens is 382 g/mol. The molecule has 3 rings (SSSR count). The lowest BCUT2D eigenvalue weighted by atomic mass is 9.87. The van der Waals surface area contributed by atoms with Gasteiger partial charge >= 0.3 is 0 Å². The van der Waals surface area contributed by atoms with Crippen molar-refractivity contribution >= 4 is 11.1 Å². The maximum atomic E-state index is 9.84. The Bertz CT molecular complexity index is 945. The molecule has 0 aliphatic carbocycles. The number of benzene rings is 3. The molecule has 0 unspecified atom stereocenters. The van der Waals surface area contributed by atoms with Gasteiger partial charge in [-0.2, -0.15) is 0 Å². The number of aromatic hydroxyl groups is 1. The van der Waals surface area contributed by atoms with Gasteiger partial charge in [0, 0.05) is 6.54 Å². The Hall–Kier alpha value is -3.04. The Labute approximate surface area is 186 Å². The van der Waals surface area contributed by atoms with E-state index in [1.807, 2.05) is 31.3 Å². The van der Waals surface area contributed by atoms with Crippen LogP contribution >= 0.6 is 0 Å². The van der Waals surface area contributed by atoms with E-state index in [4.69, 9.17) is 4.74 Å². The van der Waals surface area contributed by atoms with Gasteiger partial charge in [-0.15, -0.1) is 0 Å². The van der Waals surface area contributed by atoms with Crippen molar-refractivity contribution in [3.05, 3.63) is 95.6 Å². The van der Waals surface area contributed by atoms with E-state index in [0.717, 1.165) is 36.3 Å². The molecule has 3 aromatic rings. The predicted molar refractivity (Wildman–Crippen MR) is 130 cm³/mol. The number of rotatable bonds is 11. The van der Waals surface area contributed by atoms with Crippen LogP contribution in [-0.2, 0) is 0 Å². The molecule has 0 radical (unpaired) electrons. The van der Waals surface area contributed by atoms with Crippen LogP contribution in [0.15, 0.2) is 78.9 Å². The molecule has 3 nitrogen and oxygen atoms in total. The molecule has 0 amide bonds. The summed E-state index contributed by atoms with van der Waals surface area (Å²) in [6.07, 6.45) is 4.55. The molecule has 31 heavy (non-hydrogen) atoms. The van der Waals surface area contributed by atoms with Gasteiger partial charge in [-0.25, -0.2) is 0 Å². The molecule has 0 saturated carbocycles. The molecule has 0 aromatic heterocycles. The number of hydrogen-bond acceptors (Lipinski definition) is 3. The molecule has 2 N–H and O–H groups in total. The average molecular weight is 416 g/mol. The molecule has 3 heteroatoms. The minimum atomic E-state index is 0.281. The SMILES string of the molecule is CCCCC/C(=C(\c1ccc(O)cc1)c1ccc(OCCNC)cc1)c1ccccc1. The van der Waals surface area contributed by atoms with Crippen molar-refractivity contribution < 1.29 is 9.84 Å². The number of nitrogens with one attached hydrogen (secondary N) is 1. The van der Waals surface area contributed by atoms with E-state index in [-0.39, 0.29) is 5.75 Å². The summed E-state index contributed by atoms with van der Waals surface area (Å²) in [4.78, 5) is 0. The van der Waals surface area contributed by atoms with Gasteiger partial charge in [0.2, 0.25) is 0 Å². The summed E-state index contributed by atoms with van der Waals surface area (Å²) in [7, 11) is 1.92. The van der Waals surface area contributed by atoms with Crippen LogP contribution in [0.25, 0.3) is 11.1 Å². The van der Waals surface area contributed by atoms with Gasteiger partial charge in [-0.3, -0.25) is 0 Å². The third kappa shape index (κ3) is 6.47. The third-order valence-corrected chi connectivity index (χ3v) is 5.37. The maximum Gasteiger partial charge on any atom is 0.119 e. The lowest BCUT2D eigenvalue weighted by molar-refractivity contribution is 0.318. The first-order valence-corrected chi connectivity index (χ1v) is 11.2. The van der Waals surface area contributed by atoms with Crippen LogP contribution in [0.3, 0.4) is 0 Å². The second kappa shape index (κ2) is 12.0. The lowest BCUT2D eigenvalue weighted by Crippen LogP contribution is -2.15. The molecule has 0 fully saturated rings. The summed E-state index contributed by atoms with van der Waals surface area (Å²) < 4.78 is 5.82. The highest BCUT2D eigenvalue weighted by Gasteiger charge is 2.14. The number of ether oxygens (including phenoxy) is 1. The monoisotopic (exact) mass is 415 g/mol. The summed E-state index contributed by atoms with van der Waals surface area (Å²) >= 11 is 0. The third-order valence-electron chi connectivity index (χ3n) is 5.37. The van der Waals surface area contributed by atoms with Crippen molar-refractivity contribution in [3.8, 4) is 11.5 Å². The first-order valence-electron chi connectivity index (χ1n) is 11.2. The van der Waals surface area contributed by atoms with E-state index in [1.165, 1.54) is 29.6 Å². The van der Waals surface area contributed by atoms with Crippen LogP contribution in [0, 0.1) is 0 Å². The molecule has 162 valence electrons. The summed E-state index contributed by atoms with van der Waals surface area (Å²) in [5.41, 5.74) is 6.06. The van der Waals surface area contributed by atoms with Gasteiger partial charge < -0.3 is 15.2 Å². The number of unbranched alkanes of at least 4 members (excludes halogenated alkanes) is 2. The highest BCUT2D eigenvalue weighted by atomic mass is 16.5. The molecule has 0 aliphatic rings. The van der Waals surface area contributed by atoms with Crippen LogP contribution in [-0.4, -0.2) is 25.3 Å². The van der Waals surface area contributed by atoms with Crippen molar-refractivity contribution in [3.63, 3.8) is 0 Å². The Morgan fingerprint density at radius 3 is 2.06 bits per heavy atom. The zero-order valence-electron chi connectivity index (χ0n) is 18.6. The summed E-state index contributed by atoms with van der Waals surface area (Å²) in [5.74, 6) is 1.15. The molecule has 0 spiro atoms. The summed E-state index contributed by atoms with van der Waals surface area (Å²) in [5, 5.41) is 12.9. The van der Waals surface area contributed by atoms with Gasteiger partial charge in [0.25, 0.3) is 0 Å². The van der Waals surface area contributed by atoms with E-state index in [0.29, 0.717) is 6.61 Å².